The minimum absolute atomic E-state index is 0.372. The van der Waals surface area contributed by atoms with Crippen LogP contribution in [-0.4, -0.2) is 34.9 Å². The van der Waals surface area contributed by atoms with Gasteiger partial charge in [0.05, 0.1) is 12.0 Å². The summed E-state index contributed by atoms with van der Waals surface area (Å²) in [6.45, 7) is 1.94. The maximum absolute atomic E-state index is 11.6. The molecule has 1 aromatic rings. The number of nitrogens with one attached hydrogen (secondary N) is 1. The number of benzene rings is 1. The van der Waals surface area contributed by atoms with E-state index in [9.17, 15) is 8.42 Å². The highest BCUT2D eigenvalue weighted by Crippen LogP contribution is 2.34. The van der Waals surface area contributed by atoms with Gasteiger partial charge in [0, 0.05) is 6.26 Å². The van der Waals surface area contributed by atoms with Gasteiger partial charge in [0.2, 0.25) is 0 Å². The van der Waals surface area contributed by atoms with Gasteiger partial charge in [0.15, 0.2) is 9.84 Å². The van der Waals surface area contributed by atoms with Crippen LogP contribution in [0.25, 0.3) is 0 Å². The summed E-state index contributed by atoms with van der Waals surface area (Å²) in [6, 6.07) is 5.14. The number of rotatable bonds is 3. The number of ether oxygens (including phenoxy) is 1. The van der Waals surface area contributed by atoms with E-state index in [-0.39, 0.29) is 0 Å². The van der Waals surface area contributed by atoms with E-state index >= 15 is 0 Å². The van der Waals surface area contributed by atoms with Gasteiger partial charge in [-0.1, -0.05) is 0 Å². The average Bonchev–Trinajstić information content (AvgIpc) is 2.38. The van der Waals surface area contributed by atoms with Crippen LogP contribution < -0.4 is 10.1 Å². The molecular formula is C13H19NO3S. The molecule has 5 heteroatoms. The summed E-state index contributed by atoms with van der Waals surface area (Å²) < 4.78 is 28.6. The van der Waals surface area contributed by atoms with Crippen molar-refractivity contribution in [1.82, 2.24) is 5.32 Å². The summed E-state index contributed by atoms with van der Waals surface area (Å²) in [5.74, 6) is 1.16. The second-order valence-electron chi connectivity index (χ2n) is 4.70. The van der Waals surface area contributed by atoms with Crippen LogP contribution in [0.2, 0.25) is 0 Å². The Labute approximate surface area is 108 Å². The molecule has 1 aromatic carbocycles. The van der Waals surface area contributed by atoms with Crippen molar-refractivity contribution in [3.63, 3.8) is 0 Å². The molecule has 100 valence electrons. The van der Waals surface area contributed by atoms with Crippen LogP contribution in [0.4, 0.5) is 0 Å². The summed E-state index contributed by atoms with van der Waals surface area (Å²) in [5.41, 5.74) is 1.02. The van der Waals surface area contributed by atoms with Crippen LogP contribution >= 0.6 is 0 Å². The van der Waals surface area contributed by atoms with E-state index in [1.165, 1.54) is 6.26 Å². The van der Waals surface area contributed by atoms with Gasteiger partial charge in [0.1, 0.15) is 5.75 Å². The van der Waals surface area contributed by atoms with E-state index in [1.54, 1.807) is 25.3 Å². The highest BCUT2D eigenvalue weighted by molar-refractivity contribution is 7.90. The van der Waals surface area contributed by atoms with Crippen molar-refractivity contribution in [2.24, 2.45) is 0 Å². The molecule has 1 aliphatic rings. The molecule has 0 unspecified atom stereocenters. The lowest BCUT2D eigenvalue weighted by Gasteiger charge is -2.25. The molecule has 0 spiro atoms. The van der Waals surface area contributed by atoms with Crippen LogP contribution in [0.3, 0.4) is 0 Å². The highest BCUT2D eigenvalue weighted by atomic mass is 32.2. The van der Waals surface area contributed by atoms with E-state index in [4.69, 9.17) is 4.74 Å². The third kappa shape index (κ3) is 2.84. The Kier molecular flexibility index (Phi) is 3.92. The zero-order valence-electron chi connectivity index (χ0n) is 10.8. The first-order valence-electron chi connectivity index (χ1n) is 6.11. The minimum Gasteiger partial charge on any atom is -0.496 e. The molecule has 0 radical (unpaired) electrons. The maximum atomic E-state index is 11.6. The van der Waals surface area contributed by atoms with E-state index < -0.39 is 9.84 Å². The molecule has 0 bridgehead atoms. The molecule has 0 saturated carbocycles. The molecule has 1 aliphatic heterocycles. The zero-order chi connectivity index (χ0) is 13.2. The molecule has 1 saturated heterocycles. The van der Waals surface area contributed by atoms with E-state index in [0.717, 1.165) is 37.2 Å². The summed E-state index contributed by atoms with van der Waals surface area (Å²) >= 11 is 0. The fourth-order valence-electron chi connectivity index (χ4n) is 2.40. The van der Waals surface area contributed by atoms with Crippen molar-refractivity contribution < 1.29 is 13.2 Å². The van der Waals surface area contributed by atoms with Gasteiger partial charge in [-0.3, -0.25) is 0 Å². The standard InChI is InChI=1S/C13H19NO3S/c1-17-13-4-3-11(18(2,15)16)9-12(13)10-5-7-14-8-6-10/h3-4,9-10,14H,5-8H2,1-2H3. The Balaban J connectivity index is 2.42. The summed E-state index contributed by atoms with van der Waals surface area (Å²) in [5, 5.41) is 3.31. The predicted molar refractivity (Wildman–Crippen MR) is 70.9 cm³/mol. The molecule has 0 amide bonds. The zero-order valence-corrected chi connectivity index (χ0v) is 11.6. The Bertz CT molecular complexity index is 519. The molecule has 4 nitrogen and oxygen atoms in total. The number of piperidine rings is 1. The number of hydrogen-bond donors (Lipinski definition) is 1. The van der Waals surface area contributed by atoms with E-state index in [2.05, 4.69) is 5.32 Å². The topological polar surface area (TPSA) is 55.4 Å². The van der Waals surface area contributed by atoms with Crippen molar-refractivity contribution in [2.75, 3.05) is 26.5 Å². The van der Waals surface area contributed by atoms with E-state index in [0.29, 0.717) is 10.8 Å². The normalized spacial score (nSPS) is 17.7. The Morgan fingerprint density at radius 2 is 1.94 bits per heavy atom. The molecule has 0 atom stereocenters. The largest absolute Gasteiger partial charge is 0.496 e. The van der Waals surface area contributed by atoms with Crippen LogP contribution in [-0.2, 0) is 9.84 Å². The van der Waals surface area contributed by atoms with E-state index in [1.807, 2.05) is 0 Å². The fraction of sp³-hybridized carbons (Fsp3) is 0.538. The van der Waals surface area contributed by atoms with Gasteiger partial charge in [0.25, 0.3) is 0 Å². The van der Waals surface area contributed by atoms with Crippen molar-refractivity contribution in [2.45, 2.75) is 23.7 Å². The summed E-state index contributed by atoms with van der Waals surface area (Å²) in [4.78, 5) is 0.372. The van der Waals surface area contributed by atoms with Crippen LogP contribution in [0, 0.1) is 0 Å². The third-order valence-corrected chi connectivity index (χ3v) is 4.52. The van der Waals surface area contributed by atoms with Crippen molar-refractivity contribution >= 4 is 9.84 Å². The lowest BCUT2D eigenvalue weighted by Crippen LogP contribution is -2.26. The molecular weight excluding hydrogens is 250 g/mol. The number of hydrogen-bond acceptors (Lipinski definition) is 4. The van der Waals surface area contributed by atoms with Gasteiger partial charge in [-0.05, 0) is 55.6 Å². The fourth-order valence-corrected chi connectivity index (χ4v) is 3.05. The molecule has 18 heavy (non-hydrogen) atoms. The predicted octanol–water partition coefficient (Wildman–Crippen LogP) is 1.57. The van der Waals surface area contributed by atoms with Gasteiger partial charge in [-0.15, -0.1) is 0 Å². The first kappa shape index (κ1) is 13.4. The highest BCUT2D eigenvalue weighted by Gasteiger charge is 2.21. The van der Waals surface area contributed by atoms with Crippen LogP contribution in [0.1, 0.15) is 24.3 Å². The van der Waals surface area contributed by atoms with Crippen LogP contribution in [0.5, 0.6) is 5.75 Å². The van der Waals surface area contributed by atoms with Crippen molar-refractivity contribution in [3.8, 4) is 5.75 Å². The van der Waals surface area contributed by atoms with Gasteiger partial charge in [-0.25, -0.2) is 8.42 Å². The molecule has 1 heterocycles. The van der Waals surface area contributed by atoms with Crippen LogP contribution in [0.15, 0.2) is 23.1 Å². The average molecular weight is 269 g/mol. The monoisotopic (exact) mass is 269 g/mol. The first-order valence-corrected chi connectivity index (χ1v) is 8.00. The van der Waals surface area contributed by atoms with Gasteiger partial charge < -0.3 is 10.1 Å². The SMILES string of the molecule is COc1ccc(S(C)(=O)=O)cc1C1CCNCC1. The number of sulfone groups is 1. The Hall–Kier alpha value is -1.07. The Morgan fingerprint density at radius 3 is 2.50 bits per heavy atom. The molecule has 2 rings (SSSR count). The maximum Gasteiger partial charge on any atom is 0.175 e. The lowest BCUT2D eigenvalue weighted by molar-refractivity contribution is 0.391. The summed E-state index contributed by atoms with van der Waals surface area (Å²) in [7, 11) is -1.54. The smallest absolute Gasteiger partial charge is 0.175 e. The summed E-state index contributed by atoms with van der Waals surface area (Å²) in [6.07, 6.45) is 3.27. The van der Waals surface area contributed by atoms with Crippen molar-refractivity contribution in [3.05, 3.63) is 23.8 Å². The molecule has 1 N–H and O–H groups in total. The molecule has 0 aromatic heterocycles. The number of methoxy groups -OCH3 is 1. The molecule has 0 aliphatic carbocycles. The second-order valence-corrected chi connectivity index (χ2v) is 6.72. The van der Waals surface area contributed by atoms with Gasteiger partial charge in [-0.2, -0.15) is 0 Å². The Morgan fingerprint density at radius 1 is 1.28 bits per heavy atom. The first-order chi connectivity index (χ1) is 8.52. The van der Waals surface area contributed by atoms with Gasteiger partial charge >= 0.3 is 0 Å². The minimum atomic E-state index is -3.16. The quantitative estimate of drug-likeness (QED) is 0.905. The lowest BCUT2D eigenvalue weighted by atomic mass is 9.89. The second kappa shape index (κ2) is 5.28. The molecule has 1 fully saturated rings. The third-order valence-electron chi connectivity index (χ3n) is 3.41. The van der Waals surface area contributed by atoms with Crippen molar-refractivity contribution in [1.29, 1.82) is 0 Å².